The van der Waals surface area contributed by atoms with E-state index in [-0.39, 0.29) is 23.5 Å². The van der Waals surface area contributed by atoms with E-state index in [1.54, 1.807) is 0 Å². The van der Waals surface area contributed by atoms with Gasteiger partial charge in [0, 0.05) is 44.0 Å². The maximum atomic E-state index is 13.0. The Morgan fingerprint density at radius 3 is 2.33 bits per heavy atom. The van der Waals surface area contributed by atoms with Crippen LogP contribution in [0.15, 0.2) is 60.7 Å². The summed E-state index contributed by atoms with van der Waals surface area (Å²) in [6.45, 7) is 4.66. The number of fused-ring (bicyclic) bond motifs is 2. The average Bonchev–Trinajstić information content (AvgIpc) is 2.77. The van der Waals surface area contributed by atoms with E-state index >= 15 is 0 Å². The van der Waals surface area contributed by atoms with Crippen molar-refractivity contribution in [3.05, 3.63) is 66.2 Å². The highest BCUT2D eigenvalue weighted by atomic mass is 16.5. The maximum absolute atomic E-state index is 13.0. The molecule has 0 aliphatic carbocycles. The quantitative estimate of drug-likeness (QED) is 0.830. The summed E-state index contributed by atoms with van der Waals surface area (Å²) >= 11 is 0. The van der Waals surface area contributed by atoms with Crippen molar-refractivity contribution in [1.29, 1.82) is 0 Å². The van der Waals surface area contributed by atoms with Gasteiger partial charge in [-0.3, -0.25) is 9.69 Å². The molecule has 30 heavy (non-hydrogen) atoms. The highest BCUT2D eigenvalue weighted by Gasteiger charge is 2.56. The number of amides is 3. The molecule has 3 aliphatic heterocycles. The van der Waals surface area contributed by atoms with Gasteiger partial charge in [-0.1, -0.05) is 36.4 Å². The van der Waals surface area contributed by atoms with Crippen molar-refractivity contribution in [1.82, 2.24) is 14.7 Å². The molecule has 3 heterocycles. The van der Waals surface area contributed by atoms with Crippen LogP contribution in [0.5, 0.6) is 0 Å². The number of morpholine rings is 1. The number of benzene rings is 2. The van der Waals surface area contributed by atoms with Crippen LogP contribution in [-0.4, -0.2) is 84.2 Å². The Morgan fingerprint density at radius 2 is 1.60 bits per heavy atom. The first-order chi connectivity index (χ1) is 14.6. The lowest BCUT2D eigenvalue weighted by Crippen LogP contribution is -2.81. The van der Waals surface area contributed by atoms with Crippen LogP contribution in [0.3, 0.4) is 0 Å². The Labute approximate surface area is 176 Å². The van der Waals surface area contributed by atoms with Gasteiger partial charge < -0.3 is 19.9 Å². The van der Waals surface area contributed by atoms with Gasteiger partial charge in [-0.25, -0.2) is 4.79 Å². The topological polar surface area (TPSA) is 65.1 Å². The first kappa shape index (κ1) is 19.1. The minimum Gasteiger partial charge on any atom is -0.378 e. The first-order valence-electron chi connectivity index (χ1n) is 10.4. The predicted molar refractivity (Wildman–Crippen MR) is 113 cm³/mol. The van der Waals surface area contributed by atoms with Gasteiger partial charge >= 0.3 is 6.03 Å². The summed E-state index contributed by atoms with van der Waals surface area (Å²) in [6.07, 6.45) is 0. The zero-order valence-corrected chi connectivity index (χ0v) is 16.9. The highest BCUT2D eigenvalue weighted by molar-refractivity contribution is 5.95. The Morgan fingerprint density at radius 1 is 0.933 bits per heavy atom. The van der Waals surface area contributed by atoms with E-state index in [2.05, 4.69) is 10.2 Å². The van der Waals surface area contributed by atoms with Gasteiger partial charge in [0.25, 0.3) is 5.91 Å². The second-order valence-electron chi connectivity index (χ2n) is 8.35. The van der Waals surface area contributed by atoms with Crippen LogP contribution in [0.2, 0.25) is 0 Å². The molecule has 0 bridgehead atoms. The standard InChI is InChI=1S/C23H26N4O3/c28-21(18-7-3-1-4-8-18)26-16-23(17-26)15-25(13-20-14-30-12-11-27(20)23)22(29)24-19-9-5-2-6-10-19/h1-10,20H,11-17H2,(H,24,29). The smallest absolute Gasteiger partial charge is 0.321 e. The molecule has 7 nitrogen and oxygen atoms in total. The molecule has 1 spiro atoms. The van der Waals surface area contributed by atoms with E-state index in [0.717, 1.165) is 12.2 Å². The number of anilines is 1. The van der Waals surface area contributed by atoms with E-state index < -0.39 is 0 Å². The number of ether oxygens (including phenoxy) is 1. The molecule has 3 fully saturated rings. The molecule has 1 N–H and O–H groups in total. The van der Waals surface area contributed by atoms with Gasteiger partial charge in [-0.15, -0.1) is 0 Å². The summed E-state index contributed by atoms with van der Waals surface area (Å²) < 4.78 is 5.71. The largest absolute Gasteiger partial charge is 0.378 e. The number of para-hydroxylation sites is 1. The van der Waals surface area contributed by atoms with Crippen LogP contribution in [-0.2, 0) is 4.74 Å². The zero-order chi connectivity index (χ0) is 20.6. The number of piperazine rings is 1. The number of nitrogens with zero attached hydrogens (tertiary/aromatic N) is 3. The van der Waals surface area contributed by atoms with Crippen LogP contribution in [0.25, 0.3) is 0 Å². The number of hydrogen-bond acceptors (Lipinski definition) is 4. The molecule has 5 rings (SSSR count). The maximum Gasteiger partial charge on any atom is 0.321 e. The molecule has 3 amide bonds. The number of carbonyl (C=O) groups is 2. The van der Waals surface area contributed by atoms with Gasteiger partial charge in [0.1, 0.15) is 0 Å². The van der Waals surface area contributed by atoms with Crippen LogP contribution in [0.4, 0.5) is 10.5 Å². The highest BCUT2D eigenvalue weighted by Crippen LogP contribution is 2.36. The van der Waals surface area contributed by atoms with Crippen molar-refractivity contribution in [2.24, 2.45) is 0 Å². The van der Waals surface area contributed by atoms with Crippen molar-refractivity contribution in [2.45, 2.75) is 11.6 Å². The molecule has 3 saturated heterocycles. The predicted octanol–water partition coefficient (Wildman–Crippen LogP) is 2.13. The summed E-state index contributed by atoms with van der Waals surface area (Å²) in [5.41, 5.74) is 1.29. The molecule has 1 atom stereocenters. The summed E-state index contributed by atoms with van der Waals surface area (Å²) in [7, 11) is 0. The van der Waals surface area contributed by atoms with Crippen molar-refractivity contribution in [2.75, 3.05) is 51.3 Å². The molecule has 2 aromatic carbocycles. The molecule has 3 aliphatic rings. The number of nitrogens with one attached hydrogen (secondary N) is 1. The molecule has 7 heteroatoms. The third-order valence-corrected chi connectivity index (χ3v) is 6.34. The van der Waals surface area contributed by atoms with Crippen LogP contribution in [0.1, 0.15) is 10.4 Å². The third-order valence-electron chi connectivity index (χ3n) is 6.34. The fourth-order valence-electron chi connectivity index (χ4n) is 4.93. The Bertz CT molecular complexity index is 915. The number of rotatable bonds is 2. The van der Waals surface area contributed by atoms with E-state index in [1.807, 2.05) is 70.5 Å². The van der Waals surface area contributed by atoms with Crippen molar-refractivity contribution in [3.63, 3.8) is 0 Å². The van der Waals surface area contributed by atoms with E-state index in [4.69, 9.17) is 4.74 Å². The van der Waals surface area contributed by atoms with Crippen molar-refractivity contribution in [3.8, 4) is 0 Å². The fourth-order valence-corrected chi connectivity index (χ4v) is 4.93. The minimum atomic E-state index is -0.203. The van der Waals surface area contributed by atoms with Crippen molar-refractivity contribution < 1.29 is 14.3 Å². The van der Waals surface area contributed by atoms with E-state index in [1.165, 1.54) is 0 Å². The number of carbonyl (C=O) groups excluding carboxylic acids is 2. The van der Waals surface area contributed by atoms with Gasteiger partial charge in [-0.2, -0.15) is 0 Å². The molecule has 156 valence electrons. The van der Waals surface area contributed by atoms with E-state index in [0.29, 0.717) is 45.0 Å². The number of likely N-dealkylation sites (tertiary alicyclic amines) is 1. The molecule has 1 unspecified atom stereocenters. The minimum absolute atomic E-state index is 0.0527. The molecular weight excluding hydrogens is 380 g/mol. The molecule has 2 aromatic rings. The Hall–Kier alpha value is -2.90. The second-order valence-corrected chi connectivity index (χ2v) is 8.35. The monoisotopic (exact) mass is 406 g/mol. The zero-order valence-electron chi connectivity index (χ0n) is 16.9. The summed E-state index contributed by atoms with van der Waals surface area (Å²) in [6, 6.07) is 19.0. The molecule has 0 radical (unpaired) electrons. The lowest BCUT2D eigenvalue weighted by Gasteiger charge is -2.63. The van der Waals surface area contributed by atoms with Gasteiger partial charge in [0.2, 0.25) is 0 Å². The number of hydrogen-bond donors (Lipinski definition) is 1. The average molecular weight is 406 g/mol. The van der Waals surface area contributed by atoms with Crippen LogP contribution >= 0.6 is 0 Å². The van der Waals surface area contributed by atoms with Crippen LogP contribution in [0, 0.1) is 0 Å². The summed E-state index contributed by atoms with van der Waals surface area (Å²) in [5, 5.41) is 3.00. The Balaban J connectivity index is 1.32. The fraction of sp³-hybridized carbons (Fsp3) is 0.391. The Kier molecular flexibility index (Phi) is 4.92. The van der Waals surface area contributed by atoms with E-state index in [9.17, 15) is 9.59 Å². The number of urea groups is 1. The summed E-state index contributed by atoms with van der Waals surface area (Å²) in [4.78, 5) is 32.1. The lowest BCUT2D eigenvalue weighted by molar-refractivity contribution is -0.147. The summed E-state index contributed by atoms with van der Waals surface area (Å²) in [5.74, 6) is 0.0527. The van der Waals surface area contributed by atoms with Gasteiger partial charge in [-0.05, 0) is 24.3 Å². The lowest BCUT2D eigenvalue weighted by atomic mass is 9.82. The molecule has 0 aromatic heterocycles. The third kappa shape index (κ3) is 3.44. The van der Waals surface area contributed by atoms with Crippen molar-refractivity contribution >= 4 is 17.6 Å². The normalized spacial score (nSPS) is 22.9. The van der Waals surface area contributed by atoms with Gasteiger partial charge in [0.15, 0.2) is 0 Å². The van der Waals surface area contributed by atoms with Crippen LogP contribution < -0.4 is 5.32 Å². The second kappa shape index (κ2) is 7.74. The van der Waals surface area contributed by atoms with Gasteiger partial charge in [0.05, 0.1) is 24.8 Å². The SMILES string of the molecule is O=C(Nc1ccccc1)N1CC2COCCN2C2(C1)CN(C(=O)c1ccccc1)C2. The molecule has 0 saturated carbocycles. The molecular formula is C23H26N4O3. The first-order valence-corrected chi connectivity index (χ1v) is 10.4.